The Morgan fingerprint density at radius 1 is 1.07 bits per heavy atom. The van der Waals surface area contributed by atoms with Gasteiger partial charge in [-0.05, 0) is 44.1 Å². The molecule has 1 aromatic carbocycles. The predicted molar refractivity (Wildman–Crippen MR) is 193 cm³/mol. The number of ether oxygens (including phenoxy) is 3. The van der Waals surface area contributed by atoms with Gasteiger partial charge >= 0.3 is 112 Å². The van der Waals surface area contributed by atoms with Crippen molar-refractivity contribution in [3.8, 4) is 0 Å². The maximum atomic E-state index is 13.9. The van der Waals surface area contributed by atoms with Gasteiger partial charge in [0.1, 0.15) is 3.53 Å². The number of carbonyl (C=O) groups excluding carboxylic acids is 3. The van der Waals surface area contributed by atoms with E-state index in [0.29, 0.717) is 32.1 Å². The number of thiocarbonyl (C=S) groups is 1. The van der Waals surface area contributed by atoms with Crippen LogP contribution in [0.25, 0.3) is 0 Å². The Bertz CT molecular complexity index is 1150. The third kappa shape index (κ3) is 12.1. The topological polar surface area (TPSA) is 102 Å². The van der Waals surface area contributed by atoms with E-state index in [1.807, 2.05) is 31.7 Å². The second-order valence-electron chi connectivity index (χ2n) is 13.3. The molecule has 1 N–H and O–H groups in total. The zero-order valence-electron chi connectivity index (χ0n) is 28.7. The van der Waals surface area contributed by atoms with Crippen LogP contribution in [-0.2, 0) is 35.0 Å². The third-order valence-electron chi connectivity index (χ3n) is 8.39. The molecule has 1 heterocycles. The standard InChI is InChI=1S/C23H33NO3S3.C11H19O4.In/c1-21(2,30-20(28)29-14-11-25)23(19(26)24-9-12-27-13-10-24)16-22(3,17-23)15-18-7-5-4-6-8-18;1-6-10(12)8(4)15-11(13)9(5)14-7(2)3;/h4-8,25H,9-17H2,1-3H3;6-9H,1-5H3;/t;8-,9-;/m.1./s1. The minimum atomic E-state index is -0.671. The summed E-state index contributed by atoms with van der Waals surface area (Å²) in [6.07, 6.45) is 1.37. The molecule has 0 bridgehead atoms. The fourth-order valence-electron chi connectivity index (χ4n) is 6.15. The number of aliphatic hydroxyl groups is 1. The summed E-state index contributed by atoms with van der Waals surface area (Å²) in [4.78, 5) is 38.9. The third-order valence-corrected chi connectivity index (χ3v) is 12.2. The number of thioether (sulfide) groups is 2. The van der Waals surface area contributed by atoms with Crippen LogP contribution in [0.5, 0.6) is 0 Å². The van der Waals surface area contributed by atoms with Gasteiger partial charge in [-0.3, -0.25) is 4.79 Å². The van der Waals surface area contributed by atoms with Crippen LogP contribution in [0.4, 0.5) is 0 Å². The smallest absolute Gasteiger partial charge is 0.230 e. The number of esters is 1. The van der Waals surface area contributed by atoms with Crippen molar-refractivity contribution in [2.75, 3.05) is 38.7 Å². The predicted octanol–water partition coefficient (Wildman–Crippen LogP) is 5.67. The number of benzene rings is 1. The normalized spacial score (nSPS) is 23.3. The van der Waals surface area contributed by atoms with Gasteiger partial charge in [0.15, 0.2) is 0 Å². The van der Waals surface area contributed by atoms with Crippen molar-refractivity contribution in [1.82, 2.24) is 4.90 Å². The number of Topliss-reactive ketones (excluding diaryl/α,β-unsaturated/α-hetero) is 1. The first-order chi connectivity index (χ1) is 21.5. The van der Waals surface area contributed by atoms with Crippen LogP contribution in [0, 0.1) is 10.8 Å². The molecule has 256 valence electrons. The molecule has 1 saturated carbocycles. The molecule has 12 heteroatoms. The maximum Gasteiger partial charge on any atom is 0.230 e. The van der Waals surface area contributed by atoms with E-state index in [4.69, 9.17) is 31.5 Å². The minimum Gasteiger partial charge on any atom is -0.396 e. The van der Waals surface area contributed by atoms with Crippen molar-refractivity contribution in [1.29, 1.82) is 0 Å². The van der Waals surface area contributed by atoms with Gasteiger partial charge in [0.25, 0.3) is 0 Å². The molecule has 2 aliphatic rings. The van der Waals surface area contributed by atoms with E-state index in [2.05, 4.69) is 45.0 Å². The largest absolute Gasteiger partial charge is 0.396 e. The maximum absolute atomic E-state index is 13.9. The molecule has 46 heavy (non-hydrogen) atoms. The van der Waals surface area contributed by atoms with E-state index in [0.717, 1.165) is 47.2 Å². The van der Waals surface area contributed by atoms with Crippen LogP contribution in [0.15, 0.2) is 30.3 Å². The summed E-state index contributed by atoms with van der Waals surface area (Å²) in [5.74, 6) is 0.352. The number of nitrogens with zero attached hydrogens (tertiary/aromatic N) is 1. The van der Waals surface area contributed by atoms with Crippen LogP contribution in [0.1, 0.15) is 73.8 Å². The number of hydrogen-bond acceptors (Lipinski definition) is 10. The number of morpholine rings is 1. The van der Waals surface area contributed by atoms with Gasteiger partial charge in [0.05, 0.1) is 25.2 Å². The van der Waals surface area contributed by atoms with E-state index >= 15 is 0 Å². The average molecular weight is 798 g/mol. The summed E-state index contributed by atoms with van der Waals surface area (Å²) in [7, 11) is 0. The van der Waals surface area contributed by atoms with Gasteiger partial charge in [-0.15, -0.1) is 23.5 Å². The fourth-order valence-corrected chi connectivity index (χ4v) is 10.0. The zero-order chi connectivity index (χ0) is 34.7. The van der Waals surface area contributed by atoms with Crippen LogP contribution in [0.2, 0.25) is 3.67 Å². The van der Waals surface area contributed by atoms with Gasteiger partial charge in [-0.25, -0.2) is 0 Å². The van der Waals surface area contributed by atoms with Crippen molar-refractivity contribution in [2.45, 2.75) is 101 Å². The van der Waals surface area contributed by atoms with Gasteiger partial charge in [-0.1, -0.05) is 49.5 Å². The summed E-state index contributed by atoms with van der Waals surface area (Å²) >= 11 is 9.55. The van der Waals surface area contributed by atoms with E-state index in [-0.39, 0.29) is 38.2 Å². The average Bonchev–Trinajstić information content (AvgIpc) is 2.98. The fraction of sp³-hybridized carbons (Fsp3) is 0.706. The van der Waals surface area contributed by atoms with Crippen molar-refractivity contribution >= 4 is 81.3 Å². The molecule has 3 atom stereocenters. The Balaban J connectivity index is 0.000000392. The second-order valence-corrected chi connectivity index (χ2v) is 20.1. The van der Waals surface area contributed by atoms with Gasteiger partial charge in [-0.2, -0.15) is 0 Å². The molecule has 2 fully saturated rings. The Morgan fingerprint density at radius 2 is 1.65 bits per heavy atom. The second kappa shape index (κ2) is 18.9. The number of rotatable bonds is 13. The Labute approximate surface area is 304 Å². The molecule has 1 aliphatic heterocycles. The van der Waals surface area contributed by atoms with E-state index < -0.39 is 23.6 Å². The monoisotopic (exact) mass is 797 g/mol. The van der Waals surface area contributed by atoms with Crippen LogP contribution < -0.4 is 0 Å². The molecule has 0 spiro atoms. The molecule has 1 saturated heterocycles. The summed E-state index contributed by atoms with van der Waals surface area (Å²) < 4.78 is 16.3. The minimum absolute atomic E-state index is 0.00507. The first-order valence-corrected chi connectivity index (χ1v) is 20.1. The van der Waals surface area contributed by atoms with Crippen LogP contribution >= 0.6 is 35.7 Å². The number of amides is 1. The van der Waals surface area contributed by atoms with E-state index in [1.54, 1.807) is 25.6 Å². The molecular weight excluding hydrogens is 745 g/mol. The summed E-state index contributed by atoms with van der Waals surface area (Å²) in [5, 5.41) is 9.14. The Hall–Kier alpha value is -0.630. The molecular formula is C34H52InNO7S3. The van der Waals surface area contributed by atoms with Crippen LogP contribution in [0.3, 0.4) is 0 Å². The Morgan fingerprint density at radius 3 is 2.17 bits per heavy atom. The van der Waals surface area contributed by atoms with Crippen molar-refractivity contribution < 1.29 is 33.7 Å². The number of carbonyl (C=O) groups is 3. The number of ketones is 1. The van der Waals surface area contributed by atoms with Gasteiger partial charge in [0.2, 0.25) is 5.91 Å². The molecule has 1 aromatic rings. The van der Waals surface area contributed by atoms with Crippen molar-refractivity contribution in [2.24, 2.45) is 10.8 Å². The van der Waals surface area contributed by atoms with Gasteiger partial charge < -0.3 is 14.7 Å². The van der Waals surface area contributed by atoms with E-state index in [9.17, 15) is 14.4 Å². The van der Waals surface area contributed by atoms with Crippen molar-refractivity contribution in [3.63, 3.8) is 0 Å². The molecule has 1 aliphatic carbocycles. The van der Waals surface area contributed by atoms with Crippen molar-refractivity contribution in [3.05, 3.63) is 35.9 Å². The van der Waals surface area contributed by atoms with E-state index in [1.165, 1.54) is 17.3 Å². The van der Waals surface area contributed by atoms with Crippen LogP contribution in [-0.4, -0.2) is 117 Å². The summed E-state index contributed by atoms with van der Waals surface area (Å²) in [6, 6.07) is 10.6. The molecule has 1 amide bonds. The van der Waals surface area contributed by atoms with Gasteiger partial charge in [0, 0.05) is 23.6 Å². The molecule has 8 nitrogen and oxygen atoms in total. The first kappa shape index (κ1) is 41.5. The summed E-state index contributed by atoms with van der Waals surface area (Å²) in [6.45, 7) is 18.1. The Kier molecular flexibility index (Phi) is 17.1. The number of aliphatic hydroxyl groups excluding tert-OH is 1. The molecule has 0 aromatic heterocycles. The zero-order valence-corrected chi connectivity index (χ0v) is 34.5. The number of hydrogen-bond donors (Lipinski definition) is 1. The SMILES string of the molecule is CC(C)O[C@H](C)C(=O)O[C@H](C)C(=O)[CH](C)[In].CC1(Cc2ccccc2)CC(C(=O)N2CCOCC2)(C(C)(C)SC(=S)SCCO)C1. The molecule has 3 rings (SSSR count). The quantitative estimate of drug-likeness (QED) is 0.199. The molecule has 1 unspecified atom stereocenters. The first-order valence-electron chi connectivity index (χ1n) is 16.0. The molecule has 2 radical (unpaired) electrons. The summed E-state index contributed by atoms with van der Waals surface area (Å²) in [5.41, 5.74) is 0.982.